The first kappa shape index (κ1) is 22.9. The molecule has 0 bridgehead atoms. The number of methoxy groups -OCH3 is 1. The largest absolute Gasteiger partial charge is 0.495 e. The van der Waals surface area contributed by atoms with Crippen molar-refractivity contribution >= 4 is 27.3 Å². The highest BCUT2D eigenvalue weighted by atomic mass is 32.2. The van der Waals surface area contributed by atoms with Crippen LogP contribution in [-0.4, -0.2) is 52.6 Å². The standard InChI is InChI=1S/C24H28FN3O5S/c1-28-10-6-17(7-11-28)33-20-14-16(13-18-22(20)26-23(29)24(18)8-3-9-24)27-34(30,31)21-5-4-15(25)12-19(21)32-2/h4-5,12-14,17,27H,3,6-11H2,1-2H3,(H,26,29). The van der Waals surface area contributed by atoms with E-state index in [0.717, 1.165) is 56.1 Å². The van der Waals surface area contributed by atoms with E-state index in [-0.39, 0.29) is 28.3 Å². The second-order valence-electron chi connectivity index (χ2n) is 9.31. The molecule has 8 nitrogen and oxygen atoms in total. The summed E-state index contributed by atoms with van der Waals surface area (Å²) in [7, 11) is -0.747. The number of carbonyl (C=O) groups excluding carboxylic acids is 1. The smallest absolute Gasteiger partial charge is 0.265 e. The lowest BCUT2D eigenvalue weighted by atomic mass is 9.65. The molecule has 1 aliphatic carbocycles. The van der Waals surface area contributed by atoms with Gasteiger partial charge in [0, 0.05) is 25.2 Å². The van der Waals surface area contributed by atoms with Crippen LogP contribution in [0.5, 0.6) is 11.5 Å². The first-order valence-electron chi connectivity index (χ1n) is 11.4. The normalized spacial score (nSPS) is 19.9. The van der Waals surface area contributed by atoms with Crippen molar-refractivity contribution in [1.82, 2.24) is 4.90 Å². The van der Waals surface area contributed by atoms with Crippen molar-refractivity contribution in [3.8, 4) is 11.5 Å². The van der Waals surface area contributed by atoms with Crippen molar-refractivity contribution in [1.29, 1.82) is 0 Å². The molecule has 0 radical (unpaired) electrons. The van der Waals surface area contributed by atoms with Crippen molar-refractivity contribution in [2.24, 2.45) is 0 Å². The number of benzene rings is 2. The molecule has 3 aliphatic rings. The summed E-state index contributed by atoms with van der Waals surface area (Å²) in [6.07, 6.45) is 4.00. The van der Waals surface area contributed by atoms with Gasteiger partial charge in [0.15, 0.2) is 0 Å². The van der Waals surface area contributed by atoms with Gasteiger partial charge in [-0.15, -0.1) is 0 Å². The SMILES string of the molecule is COc1cc(F)ccc1S(=O)(=O)Nc1cc(OC2CCN(C)CC2)c2c(c1)C1(CCC1)C(=O)N2. The fourth-order valence-corrected chi connectivity index (χ4v) is 6.20. The molecule has 2 aromatic carbocycles. The third-order valence-corrected chi connectivity index (χ3v) is 8.55. The number of nitrogens with one attached hydrogen (secondary N) is 2. The molecule has 34 heavy (non-hydrogen) atoms. The van der Waals surface area contributed by atoms with E-state index in [1.165, 1.54) is 7.11 Å². The lowest BCUT2D eigenvalue weighted by Crippen LogP contribution is -2.40. The molecule has 0 aromatic heterocycles. The number of sulfonamides is 1. The van der Waals surface area contributed by atoms with Crippen LogP contribution in [0.4, 0.5) is 15.8 Å². The minimum Gasteiger partial charge on any atom is -0.495 e. The van der Waals surface area contributed by atoms with E-state index in [2.05, 4.69) is 22.0 Å². The van der Waals surface area contributed by atoms with Crippen LogP contribution in [0.1, 0.15) is 37.7 Å². The summed E-state index contributed by atoms with van der Waals surface area (Å²) in [6, 6.07) is 6.58. The Kier molecular flexibility index (Phi) is 5.68. The van der Waals surface area contributed by atoms with Crippen molar-refractivity contribution in [2.45, 2.75) is 48.5 Å². The Morgan fingerprint density at radius 3 is 2.53 bits per heavy atom. The second kappa shape index (κ2) is 8.42. The number of hydrogen-bond acceptors (Lipinski definition) is 6. The molecule has 1 saturated carbocycles. The summed E-state index contributed by atoms with van der Waals surface area (Å²) in [6.45, 7) is 1.81. The number of ether oxygens (including phenoxy) is 2. The van der Waals surface area contributed by atoms with E-state index in [1.54, 1.807) is 12.1 Å². The van der Waals surface area contributed by atoms with Gasteiger partial charge < -0.3 is 19.7 Å². The van der Waals surface area contributed by atoms with Gasteiger partial charge in [-0.05, 0) is 56.5 Å². The van der Waals surface area contributed by atoms with Gasteiger partial charge in [0.1, 0.15) is 28.3 Å². The molecular formula is C24H28FN3O5S. The number of fused-ring (bicyclic) bond motifs is 2. The third-order valence-electron chi connectivity index (χ3n) is 7.12. The van der Waals surface area contributed by atoms with Gasteiger partial charge in [-0.2, -0.15) is 0 Å². The molecule has 2 fully saturated rings. The fourth-order valence-electron chi connectivity index (χ4n) is 5.01. The Labute approximate surface area is 198 Å². The summed E-state index contributed by atoms with van der Waals surface area (Å²) in [5.41, 5.74) is 1.04. The molecule has 2 N–H and O–H groups in total. The Morgan fingerprint density at radius 2 is 1.88 bits per heavy atom. The van der Waals surface area contributed by atoms with E-state index < -0.39 is 21.3 Å². The molecule has 10 heteroatoms. The fraction of sp³-hybridized carbons (Fsp3) is 0.458. The quantitative estimate of drug-likeness (QED) is 0.645. The van der Waals surface area contributed by atoms with Crippen LogP contribution < -0.4 is 19.5 Å². The van der Waals surface area contributed by atoms with E-state index in [9.17, 15) is 17.6 Å². The maximum atomic E-state index is 13.6. The number of anilines is 2. The molecular weight excluding hydrogens is 461 g/mol. The summed E-state index contributed by atoms with van der Waals surface area (Å²) in [4.78, 5) is 14.9. The Hall–Kier alpha value is -2.85. The molecule has 182 valence electrons. The third kappa shape index (κ3) is 3.88. The predicted molar refractivity (Wildman–Crippen MR) is 126 cm³/mol. The number of carbonyl (C=O) groups is 1. The van der Waals surface area contributed by atoms with Gasteiger partial charge in [0.2, 0.25) is 5.91 Å². The molecule has 2 aromatic rings. The van der Waals surface area contributed by atoms with E-state index in [4.69, 9.17) is 9.47 Å². The zero-order valence-electron chi connectivity index (χ0n) is 19.2. The predicted octanol–water partition coefficient (Wildman–Crippen LogP) is 3.48. The first-order chi connectivity index (χ1) is 16.2. The molecule has 1 saturated heterocycles. The highest BCUT2D eigenvalue weighted by Gasteiger charge is 2.52. The number of hydrogen-bond donors (Lipinski definition) is 2. The number of rotatable bonds is 6. The van der Waals surface area contributed by atoms with Crippen LogP contribution in [0, 0.1) is 5.82 Å². The van der Waals surface area contributed by atoms with Gasteiger partial charge in [-0.3, -0.25) is 9.52 Å². The highest BCUT2D eigenvalue weighted by molar-refractivity contribution is 7.92. The van der Waals surface area contributed by atoms with E-state index in [0.29, 0.717) is 24.3 Å². The number of amides is 1. The van der Waals surface area contributed by atoms with Crippen molar-refractivity contribution < 1.29 is 27.1 Å². The van der Waals surface area contributed by atoms with E-state index >= 15 is 0 Å². The molecule has 1 spiro atoms. The zero-order chi connectivity index (χ0) is 24.1. The van der Waals surface area contributed by atoms with Crippen LogP contribution in [-0.2, 0) is 20.2 Å². The lowest BCUT2D eigenvalue weighted by Gasteiger charge is -2.36. The summed E-state index contributed by atoms with van der Waals surface area (Å²) >= 11 is 0. The molecule has 2 heterocycles. The van der Waals surface area contributed by atoms with Crippen LogP contribution >= 0.6 is 0 Å². The first-order valence-corrected chi connectivity index (χ1v) is 12.9. The number of likely N-dealkylation sites (tertiary alicyclic amines) is 1. The van der Waals surface area contributed by atoms with Crippen LogP contribution in [0.2, 0.25) is 0 Å². The maximum absolute atomic E-state index is 13.6. The number of halogens is 1. The maximum Gasteiger partial charge on any atom is 0.265 e. The van der Waals surface area contributed by atoms with Gasteiger partial charge >= 0.3 is 0 Å². The Morgan fingerprint density at radius 1 is 1.15 bits per heavy atom. The van der Waals surface area contributed by atoms with E-state index in [1.807, 2.05) is 0 Å². The van der Waals surface area contributed by atoms with Crippen LogP contribution in [0.15, 0.2) is 35.2 Å². The molecule has 0 unspecified atom stereocenters. The average molecular weight is 490 g/mol. The number of piperidine rings is 1. The Bertz CT molecular complexity index is 1240. The average Bonchev–Trinajstić information content (AvgIpc) is 3.07. The van der Waals surface area contributed by atoms with Crippen molar-refractivity contribution in [3.63, 3.8) is 0 Å². The summed E-state index contributed by atoms with van der Waals surface area (Å²) < 4.78 is 54.0. The summed E-state index contributed by atoms with van der Waals surface area (Å²) in [5.74, 6) is -0.294. The van der Waals surface area contributed by atoms with Crippen molar-refractivity contribution in [2.75, 3.05) is 37.3 Å². The van der Waals surface area contributed by atoms with Gasteiger partial charge in [-0.1, -0.05) is 6.42 Å². The highest BCUT2D eigenvalue weighted by Crippen LogP contribution is 2.54. The lowest BCUT2D eigenvalue weighted by molar-refractivity contribution is -0.123. The van der Waals surface area contributed by atoms with Crippen LogP contribution in [0.25, 0.3) is 0 Å². The van der Waals surface area contributed by atoms with Gasteiger partial charge in [-0.25, -0.2) is 12.8 Å². The topological polar surface area (TPSA) is 97.0 Å². The van der Waals surface area contributed by atoms with Gasteiger partial charge in [0.25, 0.3) is 10.0 Å². The summed E-state index contributed by atoms with van der Waals surface area (Å²) in [5, 5.41) is 2.99. The second-order valence-corrected chi connectivity index (χ2v) is 11.0. The van der Waals surface area contributed by atoms with Crippen molar-refractivity contribution in [3.05, 3.63) is 41.7 Å². The van der Waals surface area contributed by atoms with Crippen LogP contribution in [0.3, 0.4) is 0 Å². The minimum atomic E-state index is -4.10. The minimum absolute atomic E-state index is 0.0285. The number of nitrogens with zero attached hydrogens (tertiary/aromatic N) is 1. The monoisotopic (exact) mass is 489 g/mol. The Balaban J connectivity index is 1.52. The molecule has 2 aliphatic heterocycles. The molecule has 1 amide bonds. The van der Waals surface area contributed by atoms with Gasteiger partial charge in [0.05, 0.1) is 23.9 Å². The molecule has 5 rings (SSSR count). The molecule has 0 atom stereocenters. The zero-order valence-corrected chi connectivity index (χ0v) is 20.0.